The summed E-state index contributed by atoms with van der Waals surface area (Å²) in [6.07, 6.45) is -4.01. The van der Waals surface area contributed by atoms with E-state index in [-0.39, 0.29) is 3.59 Å². The number of hydrogen-bond donors (Lipinski definition) is 1. The van der Waals surface area contributed by atoms with Crippen LogP contribution in [0.2, 0.25) is 14.8 Å². The summed E-state index contributed by atoms with van der Waals surface area (Å²) in [7, 11) is 0. The van der Waals surface area contributed by atoms with Crippen LogP contribution in [-0.4, -0.2) is 35.8 Å². The fourth-order valence-electron chi connectivity index (χ4n) is 1.07. The molecule has 1 atom stereocenters. The van der Waals surface area contributed by atoms with Crippen LogP contribution < -0.4 is 0 Å². The predicted molar refractivity (Wildman–Crippen MR) is 47.8 cm³/mol. The van der Waals surface area contributed by atoms with E-state index in [0.29, 0.717) is 0 Å². The Kier molecular flexibility index (Phi) is 4.30. The van der Waals surface area contributed by atoms with Gasteiger partial charge in [-0.3, -0.25) is 0 Å². The van der Waals surface area contributed by atoms with Crippen LogP contribution in [-0.2, 0) is 0 Å². The van der Waals surface area contributed by atoms with Gasteiger partial charge in [0.15, 0.2) is 0 Å². The van der Waals surface area contributed by atoms with E-state index in [0.717, 1.165) is 0 Å². The molecule has 1 unspecified atom stereocenters. The van der Waals surface area contributed by atoms with Crippen molar-refractivity contribution in [1.29, 1.82) is 0 Å². The molecule has 0 bridgehead atoms. The first-order valence-corrected chi connectivity index (χ1v) is 13.9. The van der Waals surface area contributed by atoms with Gasteiger partial charge in [-0.15, -0.1) is 0 Å². The van der Waals surface area contributed by atoms with Crippen molar-refractivity contribution in [2.24, 2.45) is 0 Å². The molecule has 0 saturated heterocycles. The van der Waals surface area contributed by atoms with Gasteiger partial charge in [0.2, 0.25) is 0 Å². The van der Waals surface area contributed by atoms with E-state index < -0.39 is 30.7 Å². The second kappa shape index (κ2) is 4.21. The Hall–Kier alpha value is 0.289. The van der Waals surface area contributed by atoms with Gasteiger partial charge in [0.1, 0.15) is 0 Å². The number of rotatable bonds is 2. The standard InChI is InChI=1S/C5H5F3O.3CH3.Sn/c1-4(9)2-3-5(6,7)8;;;;/h4,9H,1H3;3*1H3;. The molecule has 0 aliphatic rings. The van der Waals surface area contributed by atoms with Crippen molar-refractivity contribution in [1.82, 2.24) is 0 Å². The average Bonchev–Trinajstić information content (AvgIpc) is 1.77. The molecule has 0 fully saturated rings. The van der Waals surface area contributed by atoms with Crippen molar-refractivity contribution in [3.63, 3.8) is 0 Å². The second-order valence-corrected chi connectivity index (χ2v) is 18.3. The van der Waals surface area contributed by atoms with Crippen LogP contribution in [0.15, 0.2) is 3.59 Å². The molecule has 0 aromatic rings. The van der Waals surface area contributed by atoms with Gasteiger partial charge in [0.05, 0.1) is 0 Å². The van der Waals surface area contributed by atoms with E-state index in [2.05, 4.69) is 0 Å². The molecule has 0 heterocycles. The van der Waals surface area contributed by atoms with Crippen LogP contribution in [0.25, 0.3) is 0 Å². The molecule has 5 heteroatoms. The Morgan fingerprint density at radius 3 is 1.77 bits per heavy atom. The molecule has 0 aromatic carbocycles. The zero-order valence-electron chi connectivity index (χ0n) is 8.16. The Balaban J connectivity index is 4.95. The number of allylic oxidation sites excluding steroid dienone is 1. The molecule has 0 aliphatic carbocycles. The first kappa shape index (κ1) is 13.3. The molecule has 77 valence electrons. The van der Waals surface area contributed by atoms with Crippen molar-refractivity contribution >= 4 is 18.4 Å². The quantitative estimate of drug-likeness (QED) is 0.777. The summed E-state index contributed by atoms with van der Waals surface area (Å²) in [5, 5.41) is 9.16. The molecule has 1 N–H and O–H groups in total. The van der Waals surface area contributed by atoms with Crippen molar-refractivity contribution in [3.05, 3.63) is 9.67 Å². The molecule has 1 nitrogen and oxygen atoms in total. The summed E-state index contributed by atoms with van der Waals surface area (Å²) in [6, 6.07) is 0. The van der Waals surface area contributed by atoms with Gasteiger partial charge in [-0.05, 0) is 0 Å². The molecule has 0 spiro atoms. The van der Waals surface area contributed by atoms with Gasteiger partial charge in [0, 0.05) is 0 Å². The van der Waals surface area contributed by atoms with Gasteiger partial charge in [0.25, 0.3) is 0 Å². The molecular formula is C8H14F3OSn. The van der Waals surface area contributed by atoms with Crippen molar-refractivity contribution in [3.8, 4) is 0 Å². The van der Waals surface area contributed by atoms with Crippen molar-refractivity contribution in [2.45, 2.75) is 34.0 Å². The van der Waals surface area contributed by atoms with Crippen LogP contribution >= 0.6 is 0 Å². The molecule has 0 rings (SSSR count). The summed E-state index contributed by atoms with van der Waals surface area (Å²) in [6.45, 7) is 1.36. The predicted octanol–water partition coefficient (Wildman–Crippen LogP) is 2.54. The van der Waals surface area contributed by atoms with Gasteiger partial charge in [-0.1, -0.05) is 0 Å². The SMILES string of the molecule is CC(O)[C](=[C]C(F)(F)F)[Sn]([CH3])([CH3])[CH3]. The first-order valence-electron chi connectivity index (χ1n) is 3.94. The first-order chi connectivity index (χ1) is 5.54. The van der Waals surface area contributed by atoms with Crippen LogP contribution in [0.5, 0.6) is 0 Å². The fraction of sp³-hybridized carbons (Fsp3) is 0.750. The second-order valence-electron chi connectivity index (χ2n) is 3.96. The number of hydrogen-bond acceptors (Lipinski definition) is 1. The maximum atomic E-state index is 12.0. The van der Waals surface area contributed by atoms with Crippen molar-refractivity contribution < 1.29 is 18.3 Å². The molecule has 0 amide bonds. The Morgan fingerprint density at radius 2 is 1.69 bits per heavy atom. The van der Waals surface area contributed by atoms with E-state index in [1.54, 1.807) is 0 Å². The van der Waals surface area contributed by atoms with Gasteiger partial charge < -0.3 is 0 Å². The topological polar surface area (TPSA) is 20.2 Å². The third-order valence-corrected chi connectivity index (χ3v) is 7.66. The summed E-state index contributed by atoms with van der Waals surface area (Å²) < 4.78 is 36.0. The Labute approximate surface area is 80.5 Å². The average molecular weight is 302 g/mol. The van der Waals surface area contributed by atoms with E-state index in [9.17, 15) is 13.2 Å². The van der Waals surface area contributed by atoms with Crippen LogP contribution in [0.1, 0.15) is 6.92 Å². The maximum absolute atomic E-state index is 12.0. The van der Waals surface area contributed by atoms with Crippen LogP contribution in [0.3, 0.4) is 0 Å². The molecule has 13 heavy (non-hydrogen) atoms. The van der Waals surface area contributed by atoms with Crippen LogP contribution in [0, 0.1) is 6.08 Å². The molecule has 1 radical (unpaired) electrons. The minimum absolute atomic E-state index is 0.0850. The number of aliphatic hydroxyl groups excluding tert-OH is 1. The molecule has 0 aliphatic heterocycles. The monoisotopic (exact) mass is 303 g/mol. The summed E-state index contributed by atoms with van der Waals surface area (Å²) in [4.78, 5) is 5.44. The normalized spacial score (nSPS) is 17.4. The third-order valence-electron chi connectivity index (χ3n) is 1.50. The van der Waals surface area contributed by atoms with Gasteiger partial charge in [-0.2, -0.15) is 0 Å². The number of alkyl halides is 3. The minimum atomic E-state index is -4.43. The van der Waals surface area contributed by atoms with E-state index >= 15 is 0 Å². The van der Waals surface area contributed by atoms with Crippen LogP contribution in [0.4, 0.5) is 13.2 Å². The van der Waals surface area contributed by atoms with Gasteiger partial charge in [-0.25, -0.2) is 0 Å². The Bertz CT molecular complexity index is 200. The van der Waals surface area contributed by atoms with E-state index in [1.165, 1.54) is 13.0 Å². The summed E-state index contributed by atoms with van der Waals surface area (Å²) >= 11 is -2.84. The summed E-state index contributed by atoms with van der Waals surface area (Å²) in [5.74, 6) is 0. The zero-order valence-corrected chi connectivity index (χ0v) is 11.0. The van der Waals surface area contributed by atoms with Gasteiger partial charge >= 0.3 is 80.3 Å². The molecular weight excluding hydrogens is 288 g/mol. The van der Waals surface area contributed by atoms with Crippen molar-refractivity contribution in [2.75, 3.05) is 0 Å². The molecule has 0 saturated carbocycles. The van der Waals surface area contributed by atoms with E-state index in [1.807, 2.05) is 14.8 Å². The third kappa shape index (κ3) is 5.57. The number of aliphatic hydroxyl groups is 1. The Morgan fingerprint density at radius 1 is 1.31 bits per heavy atom. The fourth-order valence-corrected chi connectivity index (χ4v) is 6.12. The molecule has 0 aromatic heterocycles. The number of halogens is 3. The van der Waals surface area contributed by atoms with E-state index in [4.69, 9.17) is 5.11 Å². The zero-order chi connectivity index (χ0) is 10.9. The summed E-state index contributed by atoms with van der Waals surface area (Å²) in [5.41, 5.74) is 0.